The first kappa shape index (κ1) is 9.49. The molecule has 3 atom stereocenters. The Balaban J connectivity index is 1.71. The molecule has 80 valence electrons. The van der Waals surface area contributed by atoms with Crippen molar-refractivity contribution in [2.24, 2.45) is 0 Å². The molecule has 3 saturated heterocycles. The van der Waals surface area contributed by atoms with Crippen LogP contribution in [0.25, 0.3) is 0 Å². The van der Waals surface area contributed by atoms with Gasteiger partial charge in [-0.05, 0) is 12.8 Å². The van der Waals surface area contributed by atoms with E-state index in [1.165, 1.54) is 19.3 Å². The van der Waals surface area contributed by atoms with Gasteiger partial charge in [-0.2, -0.15) is 9.76 Å². The number of hydrogen-bond acceptors (Lipinski definition) is 4. The zero-order valence-corrected chi connectivity index (χ0v) is 9.21. The number of fused-ring (bicyclic) bond motifs is 1. The van der Waals surface area contributed by atoms with E-state index in [1.54, 1.807) is 0 Å². The van der Waals surface area contributed by atoms with Gasteiger partial charge >= 0.3 is 0 Å². The zero-order valence-electron chi connectivity index (χ0n) is 8.32. The molecule has 3 fully saturated rings. The maximum absolute atomic E-state index is 12.6. The summed E-state index contributed by atoms with van der Waals surface area (Å²) in [6.45, 7) is 2.75. The van der Waals surface area contributed by atoms with Crippen LogP contribution in [0.1, 0.15) is 19.3 Å². The second-order valence-corrected chi connectivity index (χ2v) is 7.11. The average molecular weight is 216 g/mol. The van der Waals surface area contributed by atoms with Crippen molar-refractivity contribution in [1.82, 2.24) is 9.76 Å². The Morgan fingerprint density at radius 1 is 1.50 bits per heavy atom. The maximum Gasteiger partial charge on any atom is 0.117 e. The Labute approximate surface area is 85.1 Å². The van der Waals surface area contributed by atoms with Gasteiger partial charge in [0.2, 0.25) is 0 Å². The summed E-state index contributed by atoms with van der Waals surface area (Å²) in [6.07, 6.45) is 4.71. The Morgan fingerprint density at radius 2 is 2.36 bits per heavy atom. The van der Waals surface area contributed by atoms with E-state index in [0.717, 1.165) is 25.9 Å². The first-order valence-corrected chi connectivity index (χ1v) is 7.35. The molecule has 0 aromatic rings. The number of epoxide rings is 1. The summed E-state index contributed by atoms with van der Waals surface area (Å²) in [5.41, 5.74) is 0. The van der Waals surface area contributed by atoms with Crippen LogP contribution < -0.4 is 9.98 Å². The Bertz CT molecular complexity index is 237. The summed E-state index contributed by atoms with van der Waals surface area (Å²) in [5, 5.41) is 3.25. The van der Waals surface area contributed by atoms with Crippen LogP contribution in [0.2, 0.25) is 0 Å². The summed E-state index contributed by atoms with van der Waals surface area (Å²) in [4.78, 5) is 12.6. The highest BCUT2D eigenvalue weighted by atomic mass is 31.2. The molecule has 0 saturated carbocycles. The Hall–Kier alpha value is 0.270. The molecule has 5 heteroatoms. The molecule has 14 heavy (non-hydrogen) atoms. The SMILES string of the molecule is [O-][P+]1(CC2CO2)NCC2CCCCN21. The van der Waals surface area contributed by atoms with Crippen LogP contribution in [0.15, 0.2) is 0 Å². The summed E-state index contributed by atoms with van der Waals surface area (Å²) >= 11 is 0. The number of nitrogens with one attached hydrogen (secondary N) is 1. The van der Waals surface area contributed by atoms with Crippen molar-refractivity contribution < 1.29 is 9.63 Å². The van der Waals surface area contributed by atoms with E-state index in [0.29, 0.717) is 6.04 Å². The molecule has 0 radical (unpaired) electrons. The van der Waals surface area contributed by atoms with Crippen molar-refractivity contribution in [2.75, 3.05) is 25.9 Å². The van der Waals surface area contributed by atoms with Crippen LogP contribution in [0.4, 0.5) is 0 Å². The third-order valence-corrected chi connectivity index (χ3v) is 6.37. The van der Waals surface area contributed by atoms with Crippen LogP contribution in [0, 0.1) is 0 Å². The van der Waals surface area contributed by atoms with E-state index in [4.69, 9.17) is 4.74 Å². The van der Waals surface area contributed by atoms with E-state index in [2.05, 4.69) is 9.76 Å². The van der Waals surface area contributed by atoms with Crippen molar-refractivity contribution in [3.63, 3.8) is 0 Å². The van der Waals surface area contributed by atoms with E-state index in [-0.39, 0.29) is 6.10 Å². The van der Waals surface area contributed by atoms with Crippen molar-refractivity contribution in [2.45, 2.75) is 31.4 Å². The van der Waals surface area contributed by atoms with Gasteiger partial charge in [-0.1, -0.05) is 6.42 Å². The van der Waals surface area contributed by atoms with Crippen LogP contribution in [-0.4, -0.2) is 42.7 Å². The zero-order chi connectivity index (χ0) is 9.60. The molecule has 0 amide bonds. The number of ether oxygens (including phenoxy) is 1. The quantitative estimate of drug-likeness (QED) is 0.520. The standard InChI is InChI=1S/C9H17N2O2P/c12-14(7-9-6-13-9)10-5-8-3-1-2-4-11(8)14/h8-9H,1-7H2,(H,10,12). The smallest absolute Gasteiger partial charge is 0.117 e. The summed E-state index contributed by atoms with van der Waals surface area (Å²) < 4.78 is 7.41. The van der Waals surface area contributed by atoms with Crippen LogP contribution in [-0.2, 0) is 4.74 Å². The van der Waals surface area contributed by atoms with Crippen LogP contribution >= 0.6 is 7.79 Å². The highest BCUT2D eigenvalue weighted by Crippen LogP contribution is 2.57. The van der Waals surface area contributed by atoms with Gasteiger partial charge in [0.15, 0.2) is 0 Å². The van der Waals surface area contributed by atoms with E-state index in [9.17, 15) is 4.89 Å². The number of piperidine rings is 1. The van der Waals surface area contributed by atoms with E-state index in [1.807, 2.05) is 0 Å². The third kappa shape index (κ3) is 1.59. The fourth-order valence-corrected chi connectivity index (χ4v) is 5.54. The lowest BCUT2D eigenvalue weighted by atomic mass is 10.1. The fraction of sp³-hybridized carbons (Fsp3) is 1.00. The van der Waals surface area contributed by atoms with Gasteiger partial charge in [0.05, 0.1) is 19.2 Å². The predicted octanol–water partition coefficient (Wildman–Crippen LogP) is -0.0342. The van der Waals surface area contributed by atoms with Crippen LogP contribution in [0.3, 0.4) is 0 Å². The molecule has 0 aromatic heterocycles. The molecule has 0 aliphatic carbocycles. The minimum atomic E-state index is -2.24. The van der Waals surface area contributed by atoms with Gasteiger partial charge in [-0.25, -0.2) is 0 Å². The van der Waals surface area contributed by atoms with Crippen LogP contribution in [0.5, 0.6) is 0 Å². The van der Waals surface area contributed by atoms with Crippen molar-refractivity contribution in [1.29, 1.82) is 0 Å². The average Bonchev–Trinajstić information content (AvgIpc) is 2.93. The van der Waals surface area contributed by atoms with E-state index < -0.39 is 7.79 Å². The molecule has 0 spiro atoms. The Morgan fingerprint density at radius 3 is 3.14 bits per heavy atom. The highest BCUT2D eigenvalue weighted by molar-refractivity contribution is 7.65. The predicted molar refractivity (Wildman–Crippen MR) is 53.9 cm³/mol. The Kier molecular flexibility index (Phi) is 2.30. The molecule has 0 aromatic carbocycles. The number of rotatable bonds is 2. The highest BCUT2D eigenvalue weighted by Gasteiger charge is 2.50. The van der Waals surface area contributed by atoms with E-state index >= 15 is 0 Å². The fourth-order valence-electron chi connectivity index (χ4n) is 2.58. The van der Waals surface area contributed by atoms with Crippen molar-refractivity contribution in [3.8, 4) is 0 Å². The summed E-state index contributed by atoms with van der Waals surface area (Å²) in [5.74, 6) is 0. The maximum atomic E-state index is 12.6. The summed E-state index contributed by atoms with van der Waals surface area (Å²) in [7, 11) is -2.24. The molecular weight excluding hydrogens is 199 g/mol. The number of hydrogen-bond donors (Lipinski definition) is 1. The van der Waals surface area contributed by atoms with Crippen molar-refractivity contribution in [3.05, 3.63) is 0 Å². The molecule has 1 N–H and O–H groups in total. The van der Waals surface area contributed by atoms with Gasteiger partial charge < -0.3 is 9.63 Å². The normalized spacial score (nSPS) is 47.8. The monoisotopic (exact) mass is 216 g/mol. The molecule has 3 heterocycles. The van der Waals surface area contributed by atoms with Gasteiger partial charge in [-0.15, -0.1) is 0 Å². The second kappa shape index (κ2) is 3.39. The molecule has 0 bridgehead atoms. The minimum Gasteiger partial charge on any atom is -0.651 e. The van der Waals surface area contributed by atoms with Gasteiger partial charge in [0.1, 0.15) is 20.1 Å². The van der Waals surface area contributed by atoms with Gasteiger partial charge in [0.25, 0.3) is 0 Å². The van der Waals surface area contributed by atoms with Gasteiger partial charge in [-0.3, -0.25) is 0 Å². The molecule has 3 rings (SSSR count). The third-order valence-electron chi connectivity index (χ3n) is 3.44. The topological polar surface area (TPSA) is 50.9 Å². The lowest BCUT2D eigenvalue weighted by molar-refractivity contribution is -0.184. The molecule has 4 nitrogen and oxygen atoms in total. The largest absolute Gasteiger partial charge is 0.651 e. The molecular formula is C9H17N2O2P. The lowest BCUT2D eigenvalue weighted by Gasteiger charge is -2.38. The first-order valence-electron chi connectivity index (χ1n) is 5.51. The molecule has 3 unspecified atom stereocenters. The number of nitrogens with zero attached hydrogens (tertiary/aromatic N) is 1. The summed E-state index contributed by atoms with van der Waals surface area (Å²) in [6, 6.07) is 0.535. The molecule has 3 aliphatic rings. The second-order valence-electron chi connectivity index (χ2n) is 4.51. The first-order chi connectivity index (χ1) is 6.78. The lowest BCUT2D eigenvalue weighted by Crippen LogP contribution is -2.40. The van der Waals surface area contributed by atoms with Gasteiger partial charge in [0, 0.05) is 6.54 Å². The minimum absolute atomic E-state index is 0.272. The molecule has 3 aliphatic heterocycles. The van der Waals surface area contributed by atoms with Crippen molar-refractivity contribution >= 4 is 7.79 Å².